The lowest BCUT2D eigenvalue weighted by Crippen LogP contribution is -2.13. The summed E-state index contributed by atoms with van der Waals surface area (Å²) in [6.45, 7) is 0. The third kappa shape index (κ3) is 2.72. The molecule has 1 N–H and O–H groups in total. The quantitative estimate of drug-likeness (QED) is 0.689. The van der Waals surface area contributed by atoms with Crippen molar-refractivity contribution in [3.63, 3.8) is 0 Å². The van der Waals surface area contributed by atoms with E-state index in [0.717, 1.165) is 28.5 Å². The van der Waals surface area contributed by atoms with Gasteiger partial charge in [-0.1, -0.05) is 30.3 Å². The highest BCUT2D eigenvalue weighted by molar-refractivity contribution is 7.93. The van der Waals surface area contributed by atoms with Crippen LogP contribution in [0.5, 0.6) is 0 Å². The maximum atomic E-state index is 12.7. The minimum Gasteiger partial charge on any atom is -0.298 e. The highest BCUT2D eigenvalue weighted by Gasteiger charge is 2.31. The van der Waals surface area contributed by atoms with Crippen molar-refractivity contribution in [2.75, 3.05) is 4.72 Å². The number of fused-ring (bicyclic) bond motifs is 1. The van der Waals surface area contributed by atoms with Gasteiger partial charge in [-0.2, -0.15) is 0 Å². The summed E-state index contributed by atoms with van der Waals surface area (Å²) in [4.78, 5) is 10.9. The Hall–Kier alpha value is -2.18. The lowest BCUT2D eigenvalue weighted by molar-refractivity contribution is 0.112. The molecule has 4 rings (SSSR count). The highest BCUT2D eigenvalue weighted by atomic mass is 32.2. The standard InChI is InChI=1S/C18H15NO3S2/c20-11-12-5-9-14(10-6-12)24(21,22)19-18-17(13-7-8-13)15-3-1-2-4-16(15)23-18/h1-6,9-11,13,19H,7-8H2. The molecule has 0 spiro atoms. The van der Waals surface area contributed by atoms with Crippen molar-refractivity contribution in [3.05, 3.63) is 59.7 Å². The van der Waals surface area contributed by atoms with Crippen molar-refractivity contribution in [3.8, 4) is 0 Å². The number of benzene rings is 2. The van der Waals surface area contributed by atoms with Gasteiger partial charge in [0, 0.05) is 10.3 Å². The molecule has 0 aliphatic heterocycles. The Morgan fingerprint density at radius 3 is 2.42 bits per heavy atom. The van der Waals surface area contributed by atoms with Crippen LogP contribution in [0, 0.1) is 0 Å². The fourth-order valence-electron chi connectivity index (χ4n) is 2.83. The van der Waals surface area contributed by atoms with Crippen LogP contribution in [-0.2, 0) is 10.0 Å². The first-order valence-electron chi connectivity index (χ1n) is 7.68. The fraction of sp³-hybridized carbons (Fsp3) is 0.167. The molecule has 1 saturated carbocycles. The SMILES string of the molecule is O=Cc1ccc(S(=O)(=O)Nc2sc3ccccc3c2C2CC2)cc1. The van der Waals surface area contributed by atoms with Gasteiger partial charge in [0.25, 0.3) is 10.0 Å². The molecule has 1 fully saturated rings. The molecule has 3 aromatic rings. The molecule has 0 amide bonds. The van der Waals surface area contributed by atoms with Crippen LogP contribution in [0.3, 0.4) is 0 Å². The molecular weight excluding hydrogens is 342 g/mol. The van der Waals surface area contributed by atoms with Gasteiger partial charge in [0.1, 0.15) is 11.3 Å². The molecule has 0 radical (unpaired) electrons. The Balaban J connectivity index is 1.75. The molecule has 0 bridgehead atoms. The number of carbonyl (C=O) groups excluding carboxylic acids is 1. The minimum absolute atomic E-state index is 0.160. The van der Waals surface area contributed by atoms with Crippen LogP contribution < -0.4 is 4.72 Å². The molecule has 1 aromatic heterocycles. The van der Waals surface area contributed by atoms with Gasteiger partial charge in [0.15, 0.2) is 0 Å². The summed E-state index contributed by atoms with van der Waals surface area (Å²) in [5.41, 5.74) is 1.57. The van der Waals surface area contributed by atoms with Crippen LogP contribution in [0.4, 0.5) is 5.00 Å². The number of aldehydes is 1. The second kappa shape index (κ2) is 5.72. The number of sulfonamides is 1. The molecule has 0 atom stereocenters. The summed E-state index contributed by atoms with van der Waals surface area (Å²) in [5, 5.41) is 1.84. The third-order valence-corrected chi connectivity index (χ3v) is 6.77. The fourth-order valence-corrected chi connectivity index (χ4v) is 5.33. The smallest absolute Gasteiger partial charge is 0.262 e. The van der Waals surface area contributed by atoms with E-state index in [1.54, 1.807) is 0 Å². The first kappa shape index (κ1) is 15.4. The highest BCUT2D eigenvalue weighted by Crippen LogP contribution is 2.50. The van der Waals surface area contributed by atoms with Crippen molar-refractivity contribution in [2.24, 2.45) is 0 Å². The first-order chi connectivity index (χ1) is 11.6. The van der Waals surface area contributed by atoms with E-state index in [-0.39, 0.29) is 4.90 Å². The second-order valence-corrected chi connectivity index (χ2v) is 8.64. The summed E-state index contributed by atoms with van der Waals surface area (Å²) in [6, 6.07) is 13.9. The molecule has 1 aliphatic rings. The zero-order valence-corrected chi connectivity index (χ0v) is 14.4. The number of thiophene rings is 1. The lowest BCUT2D eigenvalue weighted by Gasteiger charge is -2.09. The van der Waals surface area contributed by atoms with Gasteiger partial charge in [-0.05, 0) is 47.9 Å². The van der Waals surface area contributed by atoms with Crippen LogP contribution in [0.2, 0.25) is 0 Å². The number of carbonyl (C=O) groups is 1. The average molecular weight is 357 g/mol. The van der Waals surface area contributed by atoms with Gasteiger partial charge in [-0.3, -0.25) is 9.52 Å². The monoisotopic (exact) mass is 357 g/mol. The van der Waals surface area contributed by atoms with Gasteiger partial charge < -0.3 is 0 Å². The predicted molar refractivity (Wildman–Crippen MR) is 96.4 cm³/mol. The van der Waals surface area contributed by atoms with Crippen molar-refractivity contribution in [1.82, 2.24) is 0 Å². The Morgan fingerprint density at radius 1 is 1.04 bits per heavy atom. The summed E-state index contributed by atoms with van der Waals surface area (Å²) >= 11 is 1.47. The maximum Gasteiger partial charge on any atom is 0.262 e. The van der Waals surface area contributed by atoms with Crippen LogP contribution in [0.15, 0.2) is 53.4 Å². The van der Waals surface area contributed by atoms with Crippen molar-refractivity contribution in [2.45, 2.75) is 23.7 Å². The van der Waals surface area contributed by atoms with Gasteiger partial charge in [0.2, 0.25) is 0 Å². The van der Waals surface area contributed by atoms with Crippen molar-refractivity contribution >= 4 is 42.7 Å². The number of anilines is 1. The average Bonchev–Trinajstić information content (AvgIpc) is 3.36. The Bertz CT molecular complexity index is 1020. The van der Waals surface area contributed by atoms with Gasteiger partial charge in [-0.15, -0.1) is 11.3 Å². The summed E-state index contributed by atoms with van der Waals surface area (Å²) in [7, 11) is -3.67. The Kier molecular flexibility index (Phi) is 3.66. The molecule has 4 nitrogen and oxygen atoms in total. The molecule has 0 saturated heterocycles. The molecule has 6 heteroatoms. The van der Waals surface area contributed by atoms with Crippen LogP contribution >= 0.6 is 11.3 Å². The molecule has 1 heterocycles. The first-order valence-corrected chi connectivity index (χ1v) is 9.98. The number of rotatable bonds is 5. The normalized spacial score (nSPS) is 14.7. The van der Waals surface area contributed by atoms with E-state index >= 15 is 0 Å². The zero-order chi connectivity index (χ0) is 16.7. The largest absolute Gasteiger partial charge is 0.298 e. The van der Waals surface area contributed by atoms with Crippen molar-refractivity contribution < 1.29 is 13.2 Å². The van der Waals surface area contributed by atoms with E-state index in [1.807, 2.05) is 18.2 Å². The van der Waals surface area contributed by atoms with E-state index in [4.69, 9.17) is 0 Å². The van der Waals surface area contributed by atoms with Crippen LogP contribution in [0.1, 0.15) is 34.7 Å². The van der Waals surface area contributed by atoms with E-state index < -0.39 is 10.0 Å². The Morgan fingerprint density at radius 2 is 1.75 bits per heavy atom. The maximum absolute atomic E-state index is 12.7. The number of nitrogens with one attached hydrogen (secondary N) is 1. The van der Waals surface area contributed by atoms with Gasteiger partial charge in [0.05, 0.1) is 4.90 Å². The van der Waals surface area contributed by atoms with E-state index in [0.29, 0.717) is 22.8 Å². The summed E-state index contributed by atoms with van der Waals surface area (Å²) in [6.07, 6.45) is 2.90. The van der Waals surface area contributed by atoms with Crippen LogP contribution in [0.25, 0.3) is 10.1 Å². The van der Waals surface area contributed by atoms with Gasteiger partial charge >= 0.3 is 0 Å². The zero-order valence-electron chi connectivity index (χ0n) is 12.7. The molecule has 122 valence electrons. The summed E-state index contributed by atoms with van der Waals surface area (Å²) in [5.74, 6) is 0.441. The van der Waals surface area contributed by atoms with Crippen molar-refractivity contribution in [1.29, 1.82) is 0 Å². The minimum atomic E-state index is -3.67. The van der Waals surface area contributed by atoms with E-state index in [1.165, 1.54) is 35.6 Å². The summed E-state index contributed by atoms with van der Waals surface area (Å²) < 4.78 is 29.2. The lowest BCUT2D eigenvalue weighted by atomic mass is 10.1. The molecule has 2 aromatic carbocycles. The molecule has 24 heavy (non-hydrogen) atoms. The predicted octanol–water partition coefficient (Wildman–Crippen LogP) is 4.39. The number of hydrogen-bond acceptors (Lipinski definition) is 4. The van der Waals surface area contributed by atoms with Gasteiger partial charge in [-0.25, -0.2) is 8.42 Å². The van der Waals surface area contributed by atoms with E-state index in [9.17, 15) is 13.2 Å². The molecule has 1 aliphatic carbocycles. The van der Waals surface area contributed by atoms with Crippen LogP contribution in [-0.4, -0.2) is 14.7 Å². The van der Waals surface area contributed by atoms with E-state index in [2.05, 4.69) is 10.8 Å². The number of hydrogen-bond donors (Lipinski definition) is 1. The second-order valence-electron chi connectivity index (χ2n) is 5.91. The topological polar surface area (TPSA) is 63.2 Å². The molecule has 0 unspecified atom stereocenters. The Labute approximate surface area is 144 Å². The third-order valence-electron chi connectivity index (χ3n) is 4.17. The molecular formula is C18H15NO3S2.